The number of hydrogen-bond donors (Lipinski definition) is 2. The highest BCUT2D eigenvalue weighted by molar-refractivity contribution is 5.85. The lowest BCUT2D eigenvalue weighted by Crippen LogP contribution is -2.54. The molecule has 0 saturated heterocycles. The van der Waals surface area contributed by atoms with E-state index in [1.165, 1.54) is 38.5 Å². The Hall–Kier alpha value is -0.570. The van der Waals surface area contributed by atoms with E-state index < -0.39 is 5.54 Å². The van der Waals surface area contributed by atoms with Crippen LogP contribution in [0.3, 0.4) is 0 Å². The van der Waals surface area contributed by atoms with Crippen LogP contribution >= 0.6 is 0 Å². The second kappa shape index (κ2) is 7.13. The largest absolute Gasteiger partial charge is 0.352 e. The molecule has 0 aromatic carbocycles. The zero-order valence-electron chi connectivity index (χ0n) is 12.3. The monoisotopic (exact) mass is 254 g/mol. The Morgan fingerprint density at radius 3 is 2.39 bits per heavy atom. The van der Waals surface area contributed by atoms with Crippen molar-refractivity contribution in [1.29, 1.82) is 0 Å². The summed E-state index contributed by atoms with van der Waals surface area (Å²) in [7, 11) is 0. The van der Waals surface area contributed by atoms with E-state index >= 15 is 0 Å². The number of carbonyl (C=O) groups is 1. The highest BCUT2D eigenvalue weighted by Gasteiger charge is 2.30. The second-order valence-corrected chi connectivity index (χ2v) is 6.18. The first kappa shape index (κ1) is 15.5. The molecule has 1 unspecified atom stereocenters. The lowest BCUT2D eigenvalue weighted by molar-refractivity contribution is -0.127. The van der Waals surface area contributed by atoms with Crippen LogP contribution in [0.1, 0.15) is 72.1 Å². The third-order valence-corrected chi connectivity index (χ3v) is 4.25. The van der Waals surface area contributed by atoms with Crippen molar-refractivity contribution in [3.63, 3.8) is 0 Å². The molecule has 3 heteroatoms. The van der Waals surface area contributed by atoms with E-state index in [1.54, 1.807) is 0 Å². The topological polar surface area (TPSA) is 55.1 Å². The Kier molecular flexibility index (Phi) is 6.13. The highest BCUT2D eigenvalue weighted by Crippen LogP contribution is 2.25. The predicted octanol–water partition coefficient (Wildman–Crippen LogP) is 2.98. The molecule has 0 radical (unpaired) electrons. The van der Waals surface area contributed by atoms with Crippen LogP contribution in [-0.4, -0.2) is 17.5 Å². The number of nitrogens with two attached hydrogens (primary N) is 1. The molecule has 0 heterocycles. The van der Waals surface area contributed by atoms with Crippen molar-refractivity contribution in [2.24, 2.45) is 11.7 Å². The molecule has 0 bridgehead atoms. The van der Waals surface area contributed by atoms with E-state index in [0.29, 0.717) is 5.92 Å². The van der Waals surface area contributed by atoms with Crippen molar-refractivity contribution < 1.29 is 4.79 Å². The van der Waals surface area contributed by atoms with Gasteiger partial charge in [0, 0.05) is 6.04 Å². The number of hydrogen-bond acceptors (Lipinski definition) is 2. The summed E-state index contributed by atoms with van der Waals surface area (Å²) < 4.78 is 0. The molecular formula is C15H30N2O. The minimum absolute atomic E-state index is 0.0149. The fourth-order valence-electron chi connectivity index (χ4n) is 2.93. The normalized spacial score (nSPS) is 22.9. The molecule has 1 aliphatic carbocycles. The average Bonchev–Trinajstić information content (AvgIpc) is 2.57. The molecule has 0 spiro atoms. The maximum atomic E-state index is 12.2. The van der Waals surface area contributed by atoms with Gasteiger partial charge < -0.3 is 11.1 Å². The quantitative estimate of drug-likeness (QED) is 0.741. The van der Waals surface area contributed by atoms with Crippen molar-refractivity contribution in [3.8, 4) is 0 Å². The van der Waals surface area contributed by atoms with Gasteiger partial charge in [-0.25, -0.2) is 0 Å². The average molecular weight is 254 g/mol. The molecule has 1 saturated carbocycles. The van der Waals surface area contributed by atoms with Crippen LogP contribution < -0.4 is 11.1 Å². The van der Waals surface area contributed by atoms with Crippen molar-refractivity contribution in [1.82, 2.24) is 5.32 Å². The van der Waals surface area contributed by atoms with E-state index in [2.05, 4.69) is 19.2 Å². The Bertz CT molecular complexity index is 255. The predicted molar refractivity (Wildman–Crippen MR) is 76.3 cm³/mol. The summed E-state index contributed by atoms with van der Waals surface area (Å²) in [6, 6.07) is 0.260. The van der Waals surface area contributed by atoms with Crippen LogP contribution in [0.2, 0.25) is 0 Å². The Balaban J connectivity index is 2.47. The Morgan fingerprint density at radius 2 is 1.89 bits per heavy atom. The lowest BCUT2D eigenvalue weighted by atomic mass is 9.91. The highest BCUT2D eigenvalue weighted by atomic mass is 16.2. The smallest absolute Gasteiger partial charge is 0.240 e. The summed E-state index contributed by atoms with van der Waals surface area (Å²) in [5, 5.41) is 3.14. The molecule has 1 aliphatic rings. The molecule has 0 aliphatic heterocycles. The third kappa shape index (κ3) is 4.60. The van der Waals surface area contributed by atoms with Gasteiger partial charge in [-0.15, -0.1) is 0 Å². The van der Waals surface area contributed by atoms with Crippen molar-refractivity contribution in [2.75, 3.05) is 0 Å². The van der Waals surface area contributed by atoms with Crippen molar-refractivity contribution in [2.45, 2.75) is 83.7 Å². The fourth-order valence-corrected chi connectivity index (χ4v) is 2.93. The second-order valence-electron chi connectivity index (χ2n) is 6.18. The fraction of sp³-hybridized carbons (Fsp3) is 0.933. The standard InChI is InChI=1S/C15H30N2O/c1-4-11-15(3,16)14(18)17-12(2)13-9-7-5-6-8-10-13/h12-13H,4-11,16H2,1-3H3,(H,17,18)/t12-,15?/m1/s1. The Morgan fingerprint density at radius 1 is 1.33 bits per heavy atom. The molecule has 1 fully saturated rings. The first-order chi connectivity index (χ1) is 8.47. The first-order valence-corrected chi connectivity index (χ1v) is 7.57. The molecule has 0 aromatic heterocycles. The van der Waals surface area contributed by atoms with E-state index in [0.717, 1.165) is 12.8 Å². The van der Waals surface area contributed by atoms with Crippen LogP contribution in [0, 0.1) is 5.92 Å². The third-order valence-electron chi connectivity index (χ3n) is 4.25. The van der Waals surface area contributed by atoms with Crippen molar-refractivity contribution >= 4 is 5.91 Å². The summed E-state index contributed by atoms with van der Waals surface area (Å²) >= 11 is 0. The van der Waals surface area contributed by atoms with Gasteiger partial charge in [0.1, 0.15) is 0 Å². The molecule has 3 N–H and O–H groups in total. The molecule has 106 valence electrons. The van der Waals surface area contributed by atoms with E-state index in [9.17, 15) is 4.79 Å². The van der Waals surface area contributed by atoms with Gasteiger partial charge in [-0.1, -0.05) is 39.0 Å². The molecule has 1 amide bonds. The van der Waals surface area contributed by atoms with Gasteiger partial charge >= 0.3 is 0 Å². The van der Waals surface area contributed by atoms with Crippen LogP contribution in [-0.2, 0) is 4.79 Å². The molecule has 0 aromatic rings. The minimum atomic E-state index is -0.715. The van der Waals surface area contributed by atoms with Crippen LogP contribution in [0.15, 0.2) is 0 Å². The van der Waals surface area contributed by atoms with Gasteiger partial charge in [-0.05, 0) is 39.0 Å². The number of amides is 1. The van der Waals surface area contributed by atoms with Gasteiger partial charge in [0.25, 0.3) is 0 Å². The van der Waals surface area contributed by atoms with E-state index in [4.69, 9.17) is 5.73 Å². The number of carbonyl (C=O) groups excluding carboxylic acids is 1. The van der Waals surface area contributed by atoms with Crippen LogP contribution in [0.25, 0.3) is 0 Å². The van der Waals surface area contributed by atoms with Gasteiger partial charge in [0.2, 0.25) is 5.91 Å². The van der Waals surface area contributed by atoms with Crippen molar-refractivity contribution in [3.05, 3.63) is 0 Å². The molecule has 3 nitrogen and oxygen atoms in total. The zero-order valence-corrected chi connectivity index (χ0v) is 12.3. The van der Waals surface area contributed by atoms with Gasteiger partial charge in [0.05, 0.1) is 5.54 Å². The molecule has 2 atom stereocenters. The van der Waals surface area contributed by atoms with E-state index in [1.807, 2.05) is 6.92 Å². The maximum Gasteiger partial charge on any atom is 0.240 e. The van der Waals surface area contributed by atoms with Gasteiger partial charge in [-0.3, -0.25) is 4.79 Å². The lowest BCUT2D eigenvalue weighted by Gasteiger charge is -2.29. The summed E-state index contributed by atoms with van der Waals surface area (Å²) in [5.41, 5.74) is 5.35. The minimum Gasteiger partial charge on any atom is -0.352 e. The summed E-state index contributed by atoms with van der Waals surface area (Å²) in [6.45, 7) is 6.04. The molecular weight excluding hydrogens is 224 g/mol. The van der Waals surface area contributed by atoms with Crippen LogP contribution in [0.5, 0.6) is 0 Å². The maximum absolute atomic E-state index is 12.2. The zero-order chi connectivity index (χ0) is 13.6. The first-order valence-electron chi connectivity index (χ1n) is 7.57. The van der Waals surface area contributed by atoms with E-state index in [-0.39, 0.29) is 11.9 Å². The number of rotatable bonds is 5. The molecule has 18 heavy (non-hydrogen) atoms. The Labute approximate surface area is 112 Å². The number of nitrogens with one attached hydrogen (secondary N) is 1. The van der Waals surface area contributed by atoms with Gasteiger partial charge in [-0.2, -0.15) is 0 Å². The summed E-state index contributed by atoms with van der Waals surface area (Å²) in [5.74, 6) is 0.648. The molecule has 1 rings (SSSR count). The summed E-state index contributed by atoms with van der Waals surface area (Å²) in [4.78, 5) is 12.2. The van der Waals surface area contributed by atoms with Gasteiger partial charge in [0.15, 0.2) is 0 Å². The van der Waals surface area contributed by atoms with Crippen LogP contribution in [0.4, 0.5) is 0 Å². The SMILES string of the molecule is CCCC(C)(N)C(=O)N[C@H](C)C1CCCCCC1. The summed E-state index contributed by atoms with van der Waals surface area (Å²) in [6.07, 6.45) is 9.49.